The fourth-order valence-corrected chi connectivity index (χ4v) is 2.89. The molecule has 0 unspecified atom stereocenters. The van der Waals surface area contributed by atoms with Crippen LogP contribution in [-0.2, 0) is 0 Å². The first-order valence-corrected chi connectivity index (χ1v) is 5.25. The molecule has 2 fully saturated rings. The van der Waals surface area contributed by atoms with E-state index in [4.69, 9.17) is 5.73 Å². The van der Waals surface area contributed by atoms with Crippen molar-refractivity contribution >= 4 is 0 Å². The number of likely N-dealkylation sites (tertiary alicyclic amines) is 1. The Bertz CT molecular complexity index is 187. The van der Waals surface area contributed by atoms with Crippen LogP contribution in [0.4, 0.5) is 0 Å². The summed E-state index contributed by atoms with van der Waals surface area (Å²) in [7, 11) is 2.16. The Labute approximate surface area is 79.9 Å². The number of nitrogens with two attached hydrogens (primary N) is 1. The van der Waals surface area contributed by atoms with Gasteiger partial charge < -0.3 is 15.7 Å². The van der Waals surface area contributed by atoms with E-state index in [0.717, 1.165) is 25.9 Å². The SMILES string of the molecule is CN1CCC2(CC1)C[C@@H](O)C[C@H]2N. The Morgan fingerprint density at radius 3 is 2.46 bits per heavy atom. The molecule has 13 heavy (non-hydrogen) atoms. The van der Waals surface area contributed by atoms with Crippen molar-refractivity contribution in [3.8, 4) is 0 Å². The third kappa shape index (κ3) is 1.60. The Hall–Kier alpha value is -0.120. The molecule has 1 spiro atoms. The number of aliphatic hydroxyl groups is 1. The molecule has 1 aliphatic carbocycles. The van der Waals surface area contributed by atoms with Crippen molar-refractivity contribution in [1.82, 2.24) is 4.90 Å². The van der Waals surface area contributed by atoms with E-state index in [1.165, 1.54) is 12.8 Å². The van der Waals surface area contributed by atoms with Crippen molar-refractivity contribution in [2.75, 3.05) is 20.1 Å². The monoisotopic (exact) mass is 184 g/mol. The molecule has 0 amide bonds. The highest BCUT2D eigenvalue weighted by Gasteiger charge is 2.45. The van der Waals surface area contributed by atoms with Crippen molar-refractivity contribution in [2.24, 2.45) is 11.1 Å². The van der Waals surface area contributed by atoms with Crippen LogP contribution in [0.25, 0.3) is 0 Å². The summed E-state index contributed by atoms with van der Waals surface area (Å²) >= 11 is 0. The number of hydrogen-bond donors (Lipinski definition) is 2. The van der Waals surface area contributed by atoms with Crippen molar-refractivity contribution < 1.29 is 5.11 Å². The van der Waals surface area contributed by atoms with E-state index < -0.39 is 0 Å². The Kier molecular flexibility index (Phi) is 2.34. The molecule has 0 aromatic rings. The van der Waals surface area contributed by atoms with Gasteiger partial charge in [0, 0.05) is 6.04 Å². The number of hydrogen-bond acceptors (Lipinski definition) is 3. The highest BCUT2D eigenvalue weighted by atomic mass is 16.3. The largest absolute Gasteiger partial charge is 0.393 e. The fraction of sp³-hybridized carbons (Fsp3) is 1.00. The maximum absolute atomic E-state index is 9.59. The van der Waals surface area contributed by atoms with Crippen molar-refractivity contribution in [1.29, 1.82) is 0 Å². The van der Waals surface area contributed by atoms with Crippen LogP contribution in [0.2, 0.25) is 0 Å². The van der Waals surface area contributed by atoms with Crippen LogP contribution in [0.3, 0.4) is 0 Å². The molecule has 1 saturated carbocycles. The maximum atomic E-state index is 9.59. The van der Waals surface area contributed by atoms with Crippen LogP contribution in [0.5, 0.6) is 0 Å². The van der Waals surface area contributed by atoms with Gasteiger partial charge in [0.1, 0.15) is 0 Å². The molecule has 76 valence electrons. The lowest BCUT2D eigenvalue weighted by Crippen LogP contribution is -2.45. The van der Waals surface area contributed by atoms with Gasteiger partial charge in [0.05, 0.1) is 6.10 Å². The maximum Gasteiger partial charge on any atom is 0.0561 e. The van der Waals surface area contributed by atoms with E-state index in [0.29, 0.717) is 0 Å². The second kappa shape index (κ2) is 3.23. The van der Waals surface area contributed by atoms with Gasteiger partial charge >= 0.3 is 0 Å². The molecular weight excluding hydrogens is 164 g/mol. The van der Waals surface area contributed by atoms with Gasteiger partial charge in [-0.15, -0.1) is 0 Å². The van der Waals surface area contributed by atoms with Gasteiger partial charge in [0.25, 0.3) is 0 Å². The summed E-state index contributed by atoms with van der Waals surface area (Å²) in [5, 5.41) is 9.59. The summed E-state index contributed by atoms with van der Waals surface area (Å²) in [6.07, 6.45) is 3.94. The summed E-state index contributed by atoms with van der Waals surface area (Å²) in [6, 6.07) is 0.233. The molecule has 1 saturated heterocycles. The van der Waals surface area contributed by atoms with E-state index in [-0.39, 0.29) is 17.6 Å². The van der Waals surface area contributed by atoms with Crippen molar-refractivity contribution in [2.45, 2.75) is 37.8 Å². The first-order valence-electron chi connectivity index (χ1n) is 5.25. The average molecular weight is 184 g/mol. The number of piperidine rings is 1. The molecule has 0 aromatic heterocycles. The highest BCUT2D eigenvalue weighted by Crippen LogP contribution is 2.45. The van der Waals surface area contributed by atoms with Crippen LogP contribution in [0.1, 0.15) is 25.7 Å². The standard InChI is InChI=1S/C10H20N2O/c1-12-4-2-10(3-5-12)7-8(13)6-9(10)11/h8-9,13H,2-7,11H2,1H3/t8-,9+/m0/s1. The molecular formula is C10H20N2O. The quantitative estimate of drug-likeness (QED) is 0.564. The Morgan fingerprint density at radius 1 is 1.38 bits per heavy atom. The molecule has 1 heterocycles. The Morgan fingerprint density at radius 2 is 2.00 bits per heavy atom. The van der Waals surface area contributed by atoms with Crippen molar-refractivity contribution in [3.63, 3.8) is 0 Å². The smallest absolute Gasteiger partial charge is 0.0561 e. The molecule has 3 N–H and O–H groups in total. The lowest BCUT2D eigenvalue weighted by molar-refractivity contribution is 0.0932. The molecule has 2 aliphatic rings. The zero-order chi connectivity index (χ0) is 9.47. The third-order valence-corrected chi connectivity index (χ3v) is 3.94. The van der Waals surface area contributed by atoms with Crippen molar-refractivity contribution in [3.05, 3.63) is 0 Å². The lowest BCUT2D eigenvalue weighted by Gasteiger charge is -2.40. The molecule has 3 heteroatoms. The van der Waals surface area contributed by atoms with Gasteiger partial charge in [-0.05, 0) is 51.2 Å². The van der Waals surface area contributed by atoms with Crippen LogP contribution in [0.15, 0.2) is 0 Å². The topological polar surface area (TPSA) is 49.5 Å². The zero-order valence-corrected chi connectivity index (χ0v) is 8.37. The summed E-state index contributed by atoms with van der Waals surface area (Å²) in [5.41, 5.74) is 6.37. The van der Waals surface area contributed by atoms with E-state index in [1.807, 2.05) is 0 Å². The second-order valence-corrected chi connectivity index (χ2v) is 4.87. The number of nitrogens with zero attached hydrogens (tertiary/aromatic N) is 1. The van der Waals surface area contributed by atoms with E-state index in [9.17, 15) is 5.11 Å². The molecule has 0 radical (unpaired) electrons. The minimum atomic E-state index is -0.140. The summed E-state index contributed by atoms with van der Waals surface area (Å²) in [5.74, 6) is 0. The lowest BCUT2D eigenvalue weighted by atomic mass is 9.74. The molecule has 3 nitrogen and oxygen atoms in total. The van der Waals surface area contributed by atoms with Crippen LogP contribution in [-0.4, -0.2) is 42.3 Å². The van der Waals surface area contributed by atoms with E-state index in [1.54, 1.807) is 0 Å². The van der Waals surface area contributed by atoms with Crippen LogP contribution in [0, 0.1) is 5.41 Å². The van der Waals surface area contributed by atoms with Gasteiger partial charge in [-0.1, -0.05) is 0 Å². The van der Waals surface area contributed by atoms with Gasteiger partial charge in [0.2, 0.25) is 0 Å². The van der Waals surface area contributed by atoms with E-state index in [2.05, 4.69) is 11.9 Å². The highest BCUT2D eigenvalue weighted by molar-refractivity contribution is 5.00. The van der Waals surface area contributed by atoms with Gasteiger partial charge in [0.15, 0.2) is 0 Å². The van der Waals surface area contributed by atoms with E-state index >= 15 is 0 Å². The first-order chi connectivity index (χ1) is 6.12. The second-order valence-electron chi connectivity index (χ2n) is 4.87. The first kappa shape index (κ1) is 9.44. The summed E-state index contributed by atoms with van der Waals surface area (Å²) < 4.78 is 0. The predicted octanol–water partition coefficient (Wildman–Crippen LogP) is 0.180. The zero-order valence-electron chi connectivity index (χ0n) is 8.37. The average Bonchev–Trinajstić information content (AvgIpc) is 2.34. The predicted molar refractivity (Wildman–Crippen MR) is 52.4 cm³/mol. The minimum absolute atomic E-state index is 0.140. The molecule has 0 bridgehead atoms. The number of rotatable bonds is 0. The van der Waals surface area contributed by atoms with Crippen LogP contribution < -0.4 is 5.73 Å². The third-order valence-electron chi connectivity index (χ3n) is 3.94. The van der Waals surface area contributed by atoms with Gasteiger partial charge in [-0.25, -0.2) is 0 Å². The fourth-order valence-electron chi connectivity index (χ4n) is 2.89. The van der Waals surface area contributed by atoms with Gasteiger partial charge in [-0.3, -0.25) is 0 Å². The molecule has 2 atom stereocenters. The number of aliphatic hydroxyl groups excluding tert-OH is 1. The molecule has 2 rings (SSSR count). The van der Waals surface area contributed by atoms with Gasteiger partial charge in [-0.2, -0.15) is 0 Å². The summed E-state index contributed by atoms with van der Waals surface area (Å²) in [4.78, 5) is 2.35. The Balaban J connectivity index is 2.04. The minimum Gasteiger partial charge on any atom is -0.393 e. The van der Waals surface area contributed by atoms with Crippen LogP contribution >= 0.6 is 0 Å². The summed E-state index contributed by atoms with van der Waals surface area (Å²) in [6.45, 7) is 2.28. The normalized spacial score (nSPS) is 39.9. The molecule has 0 aromatic carbocycles. The molecule has 1 aliphatic heterocycles.